The molecule has 1 aromatic carbocycles. The highest BCUT2D eigenvalue weighted by molar-refractivity contribution is 6.03. The predicted molar refractivity (Wildman–Crippen MR) is 115 cm³/mol. The topological polar surface area (TPSA) is 105 Å². The number of hydrogen-bond acceptors (Lipinski definition) is 4. The number of amides is 3. The summed E-state index contributed by atoms with van der Waals surface area (Å²) in [5.74, 6) is -0.0266. The van der Waals surface area contributed by atoms with E-state index in [9.17, 15) is 14.4 Å². The number of nitrogens with one attached hydrogen (secondary N) is 2. The first-order chi connectivity index (χ1) is 13.5. The SMILES string of the molecule is Cl.NC(=O)C1CCN(C(=O)c2ccccc2NC(=O)CCC2CCNCC2)CC1. The van der Waals surface area contributed by atoms with Gasteiger partial charge in [-0.25, -0.2) is 0 Å². The number of halogens is 1. The maximum absolute atomic E-state index is 12.9. The third-order valence-electron chi connectivity index (χ3n) is 5.85. The zero-order valence-corrected chi connectivity index (χ0v) is 17.5. The molecular formula is C21H31ClN4O3. The molecule has 0 aromatic heterocycles. The van der Waals surface area contributed by atoms with Crippen molar-refractivity contribution in [3.8, 4) is 0 Å². The number of benzene rings is 1. The summed E-state index contributed by atoms with van der Waals surface area (Å²) in [5, 5.41) is 6.25. The van der Waals surface area contributed by atoms with Gasteiger partial charge in [-0.2, -0.15) is 0 Å². The van der Waals surface area contributed by atoms with E-state index in [1.165, 1.54) is 0 Å². The first kappa shape index (κ1) is 23.2. The third-order valence-corrected chi connectivity index (χ3v) is 5.85. The van der Waals surface area contributed by atoms with Crippen LogP contribution in [0.15, 0.2) is 24.3 Å². The van der Waals surface area contributed by atoms with Crippen LogP contribution in [0.25, 0.3) is 0 Å². The molecular weight excluding hydrogens is 392 g/mol. The van der Waals surface area contributed by atoms with Crippen molar-refractivity contribution < 1.29 is 14.4 Å². The Morgan fingerprint density at radius 1 is 1.07 bits per heavy atom. The molecule has 7 nitrogen and oxygen atoms in total. The molecule has 1 aromatic rings. The quantitative estimate of drug-likeness (QED) is 0.653. The lowest BCUT2D eigenvalue weighted by Crippen LogP contribution is -2.42. The monoisotopic (exact) mass is 422 g/mol. The van der Waals surface area contributed by atoms with Gasteiger partial charge < -0.3 is 21.3 Å². The van der Waals surface area contributed by atoms with Gasteiger partial charge in [0.05, 0.1) is 11.3 Å². The summed E-state index contributed by atoms with van der Waals surface area (Å²) in [5.41, 5.74) is 6.42. The average Bonchev–Trinajstić information content (AvgIpc) is 2.73. The fourth-order valence-electron chi connectivity index (χ4n) is 4.03. The normalized spacial score (nSPS) is 18.0. The van der Waals surface area contributed by atoms with Crippen molar-refractivity contribution in [1.82, 2.24) is 10.2 Å². The summed E-state index contributed by atoms with van der Waals surface area (Å²) in [6.07, 6.45) is 4.76. The van der Waals surface area contributed by atoms with Crippen molar-refractivity contribution in [1.29, 1.82) is 0 Å². The lowest BCUT2D eigenvalue weighted by Gasteiger charge is -2.31. The number of para-hydroxylation sites is 1. The molecule has 0 atom stereocenters. The number of likely N-dealkylation sites (tertiary alicyclic amines) is 1. The molecule has 2 aliphatic rings. The molecule has 0 saturated carbocycles. The van der Waals surface area contributed by atoms with Crippen LogP contribution in [0, 0.1) is 11.8 Å². The first-order valence-corrected chi connectivity index (χ1v) is 10.2. The molecule has 0 bridgehead atoms. The number of nitrogens with zero attached hydrogens (tertiary/aromatic N) is 1. The molecule has 0 spiro atoms. The lowest BCUT2D eigenvalue weighted by molar-refractivity contribution is -0.123. The van der Waals surface area contributed by atoms with Gasteiger partial charge in [-0.15, -0.1) is 12.4 Å². The molecule has 2 heterocycles. The largest absolute Gasteiger partial charge is 0.369 e. The molecule has 2 saturated heterocycles. The number of carbonyl (C=O) groups excluding carboxylic acids is 3. The molecule has 160 valence electrons. The van der Waals surface area contributed by atoms with E-state index in [2.05, 4.69) is 10.6 Å². The Hall–Kier alpha value is -2.12. The van der Waals surface area contributed by atoms with Crippen molar-refractivity contribution in [3.63, 3.8) is 0 Å². The number of hydrogen-bond donors (Lipinski definition) is 3. The molecule has 3 rings (SSSR count). The molecule has 0 radical (unpaired) electrons. The van der Waals surface area contributed by atoms with E-state index in [-0.39, 0.29) is 36.0 Å². The van der Waals surface area contributed by atoms with E-state index in [0.29, 0.717) is 49.5 Å². The van der Waals surface area contributed by atoms with Gasteiger partial charge in [-0.3, -0.25) is 14.4 Å². The Morgan fingerprint density at radius 2 is 1.72 bits per heavy atom. The molecule has 2 fully saturated rings. The molecule has 8 heteroatoms. The minimum atomic E-state index is -0.298. The number of carbonyl (C=O) groups is 3. The maximum atomic E-state index is 12.9. The first-order valence-electron chi connectivity index (χ1n) is 10.2. The van der Waals surface area contributed by atoms with Gasteiger partial charge in [0.2, 0.25) is 11.8 Å². The van der Waals surface area contributed by atoms with Crippen LogP contribution in [-0.2, 0) is 9.59 Å². The molecule has 29 heavy (non-hydrogen) atoms. The van der Waals surface area contributed by atoms with Gasteiger partial charge in [0, 0.05) is 25.4 Å². The van der Waals surface area contributed by atoms with Gasteiger partial charge in [-0.05, 0) is 63.2 Å². The van der Waals surface area contributed by atoms with Crippen molar-refractivity contribution >= 4 is 35.8 Å². The van der Waals surface area contributed by atoms with Gasteiger partial charge in [0.25, 0.3) is 5.91 Å². The Kier molecular flexibility index (Phi) is 8.92. The second kappa shape index (κ2) is 11.2. The number of primary amides is 1. The smallest absolute Gasteiger partial charge is 0.255 e. The highest BCUT2D eigenvalue weighted by atomic mass is 35.5. The van der Waals surface area contributed by atoms with E-state index in [0.717, 1.165) is 32.4 Å². The molecule has 0 aliphatic carbocycles. The van der Waals surface area contributed by atoms with Crippen molar-refractivity contribution in [2.24, 2.45) is 17.6 Å². The standard InChI is InChI=1S/C21H30N4O3.ClH/c22-20(27)16-9-13-25(14-10-16)21(28)17-3-1-2-4-18(17)24-19(26)6-5-15-7-11-23-12-8-15;/h1-4,15-16,23H,5-14H2,(H2,22,27)(H,24,26);1H. The van der Waals surface area contributed by atoms with Crippen molar-refractivity contribution in [2.75, 3.05) is 31.5 Å². The minimum Gasteiger partial charge on any atom is -0.369 e. The van der Waals surface area contributed by atoms with E-state index >= 15 is 0 Å². The van der Waals surface area contributed by atoms with Crippen LogP contribution < -0.4 is 16.4 Å². The average molecular weight is 423 g/mol. The van der Waals surface area contributed by atoms with Crippen LogP contribution in [0.5, 0.6) is 0 Å². The van der Waals surface area contributed by atoms with Gasteiger partial charge >= 0.3 is 0 Å². The highest BCUT2D eigenvalue weighted by Crippen LogP contribution is 2.23. The Bertz CT molecular complexity index is 714. The fraction of sp³-hybridized carbons (Fsp3) is 0.571. The number of piperidine rings is 2. The van der Waals surface area contributed by atoms with Crippen LogP contribution in [0.1, 0.15) is 48.9 Å². The summed E-state index contributed by atoms with van der Waals surface area (Å²) in [6, 6.07) is 7.13. The van der Waals surface area contributed by atoms with E-state index < -0.39 is 0 Å². The molecule has 4 N–H and O–H groups in total. The summed E-state index contributed by atoms with van der Waals surface area (Å²) >= 11 is 0. The van der Waals surface area contributed by atoms with Crippen LogP contribution in [0.3, 0.4) is 0 Å². The molecule has 2 aliphatic heterocycles. The van der Waals surface area contributed by atoms with Crippen LogP contribution in [0.4, 0.5) is 5.69 Å². The van der Waals surface area contributed by atoms with Gasteiger partial charge in [0.15, 0.2) is 0 Å². The summed E-state index contributed by atoms with van der Waals surface area (Å²) in [6.45, 7) is 3.06. The molecule has 3 amide bonds. The lowest BCUT2D eigenvalue weighted by atomic mass is 9.93. The Morgan fingerprint density at radius 3 is 2.38 bits per heavy atom. The second-order valence-electron chi connectivity index (χ2n) is 7.79. The zero-order valence-electron chi connectivity index (χ0n) is 16.7. The predicted octanol–water partition coefficient (Wildman–Crippen LogP) is 2.16. The summed E-state index contributed by atoms with van der Waals surface area (Å²) in [4.78, 5) is 38.4. The van der Waals surface area contributed by atoms with Crippen molar-refractivity contribution in [2.45, 2.75) is 38.5 Å². The number of anilines is 1. The number of rotatable bonds is 6. The van der Waals surface area contributed by atoms with E-state index in [1.807, 2.05) is 6.07 Å². The summed E-state index contributed by atoms with van der Waals surface area (Å²) < 4.78 is 0. The third kappa shape index (κ3) is 6.44. The second-order valence-corrected chi connectivity index (χ2v) is 7.79. The highest BCUT2D eigenvalue weighted by Gasteiger charge is 2.27. The van der Waals surface area contributed by atoms with Gasteiger partial charge in [0.1, 0.15) is 0 Å². The Balaban J connectivity index is 0.00000300. The zero-order chi connectivity index (χ0) is 19.9. The van der Waals surface area contributed by atoms with Crippen LogP contribution in [-0.4, -0.2) is 48.8 Å². The van der Waals surface area contributed by atoms with E-state index in [4.69, 9.17) is 5.73 Å². The maximum Gasteiger partial charge on any atom is 0.255 e. The summed E-state index contributed by atoms with van der Waals surface area (Å²) in [7, 11) is 0. The van der Waals surface area contributed by atoms with Crippen LogP contribution >= 0.6 is 12.4 Å². The Labute approximate surface area is 178 Å². The number of nitrogens with two attached hydrogens (primary N) is 1. The minimum absolute atomic E-state index is 0. The van der Waals surface area contributed by atoms with Crippen LogP contribution in [0.2, 0.25) is 0 Å². The molecule has 0 unspecified atom stereocenters. The van der Waals surface area contributed by atoms with E-state index in [1.54, 1.807) is 23.1 Å². The van der Waals surface area contributed by atoms with Crippen molar-refractivity contribution in [3.05, 3.63) is 29.8 Å². The van der Waals surface area contributed by atoms with Gasteiger partial charge in [-0.1, -0.05) is 12.1 Å². The fourth-order valence-corrected chi connectivity index (χ4v) is 4.03.